The number of nitrogens with zero attached hydrogens (tertiary/aromatic N) is 1. The first-order valence-corrected chi connectivity index (χ1v) is 8.80. The van der Waals surface area contributed by atoms with Crippen molar-refractivity contribution in [1.82, 2.24) is 4.90 Å². The molecule has 0 radical (unpaired) electrons. The van der Waals surface area contributed by atoms with E-state index in [1.165, 1.54) is 22.3 Å². The highest BCUT2D eigenvalue weighted by atomic mass is 35.5. The molecule has 1 aliphatic rings. The fourth-order valence-corrected chi connectivity index (χ4v) is 3.76. The molecule has 4 rings (SSSR count). The monoisotopic (exact) mass is 333 g/mol. The Kier molecular flexibility index (Phi) is 4.38. The second kappa shape index (κ2) is 6.80. The Balaban J connectivity index is 1.72. The van der Waals surface area contributed by atoms with Crippen LogP contribution in [0.1, 0.15) is 28.3 Å². The van der Waals surface area contributed by atoms with Crippen molar-refractivity contribution >= 4 is 11.6 Å². The molecular formula is C22H20ClN. The first-order valence-electron chi connectivity index (χ1n) is 8.42. The first kappa shape index (κ1) is 15.4. The third-order valence-electron chi connectivity index (χ3n) is 4.83. The van der Waals surface area contributed by atoms with Gasteiger partial charge >= 0.3 is 0 Å². The molecule has 0 N–H and O–H groups in total. The van der Waals surface area contributed by atoms with Crippen LogP contribution in [0.25, 0.3) is 0 Å². The Morgan fingerprint density at radius 2 is 1.33 bits per heavy atom. The maximum absolute atomic E-state index is 6.10. The van der Waals surface area contributed by atoms with Gasteiger partial charge in [-0.25, -0.2) is 0 Å². The zero-order chi connectivity index (χ0) is 16.4. The Morgan fingerprint density at radius 1 is 0.708 bits per heavy atom. The van der Waals surface area contributed by atoms with Crippen molar-refractivity contribution < 1.29 is 0 Å². The molecule has 0 amide bonds. The van der Waals surface area contributed by atoms with Gasteiger partial charge in [-0.2, -0.15) is 0 Å². The van der Waals surface area contributed by atoms with E-state index < -0.39 is 0 Å². The maximum atomic E-state index is 6.10. The first-order chi connectivity index (χ1) is 11.8. The number of hydrogen-bond donors (Lipinski definition) is 0. The van der Waals surface area contributed by atoms with E-state index in [0.717, 1.165) is 24.5 Å². The van der Waals surface area contributed by atoms with Crippen molar-refractivity contribution in [3.63, 3.8) is 0 Å². The summed E-state index contributed by atoms with van der Waals surface area (Å²) in [6.45, 7) is 2.05. The van der Waals surface area contributed by atoms with Crippen LogP contribution in [0, 0.1) is 0 Å². The molecule has 24 heavy (non-hydrogen) atoms. The molecule has 3 aromatic carbocycles. The van der Waals surface area contributed by atoms with Crippen LogP contribution in [0.3, 0.4) is 0 Å². The van der Waals surface area contributed by atoms with Gasteiger partial charge in [0.2, 0.25) is 0 Å². The van der Waals surface area contributed by atoms with Gasteiger partial charge < -0.3 is 0 Å². The van der Waals surface area contributed by atoms with Crippen molar-refractivity contribution in [1.29, 1.82) is 0 Å². The summed E-state index contributed by atoms with van der Waals surface area (Å²) in [5.41, 5.74) is 5.56. The third-order valence-corrected chi connectivity index (χ3v) is 5.08. The molecule has 0 aromatic heterocycles. The number of fused-ring (bicyclic) bond motifs is 1. The van der Waals surface area contributed by atoms with Gasteiger partial charge in [-0.1, -0.05) is 78.3 Å². The van der Waals surface area contributed by atoms with Crippen LogP contribution in [-0.2, 0) is 13.0 Å². The van der Waals surface area contributed by atoms with Crippen LogP contribution < -0.4 is 0 Å². The van der Waals surface area contributed by atoms with E-state index in [-0.39, 0.29) is 6.04 Å². The second-order valence-corrected chi connectivity index (χ2v) is 6.79. The highest BCUT2D eigenvalue weighted by Crippen LogP contribution is 2.33. The van der Waals surface area contributed by atoms with Gasteiger partial charge in [-0.3, -0.25) is 4.90 Å². The largest absolute Gasteiger partial charge is 0.288 e. The van der Waals surface area contributed by atoms with Gasteiger partial charge in [0.25, 0.3) is 0 Å². The fraction of sp³-hybridized carbons (Fsp3) is 0.182. The molecular weight excluding hydrogens is 314 g/mol. The van der Waals surface area contributed by atoms with E-state index in [2.05, 4.69) is 71.6 Å². The lowest BCUT2D eigenvalue weighted by molar-refractivity contribution is 0.206. The molecule has 1 aliphatic heterocycles. The van der Waals surface area contributed by atoms with Crippen molar-refractivity contribution in [2.24, 2.45) is 0 Å². The van der Waals surface area contributed by atoms with Gasteiger partial charge in [0.05, 0.1) is 6.04 Å². The summed E-state index contributed by atoms with van der Waals surface area (Å²) in [7, 11) is 0. The van der Waals surface area contributed by atoms with Gasteiger partial charge in [0.1, 0.15) is 0 Å². The van der Waals surface area contributed by atoms with Gasteiger partial charge in [-0.15, -0.1) is 0 Å². The minimum Gasteiger partial charge on any atom is -0.288 e. The van der Waals surface area contributed by atoms with Crippen LogP contribution in [0.2, 0.25) is 5.02 Å². The van der Waals surface area contributed by atoms with Gasteiger partial charge in [0, 0.05) is 18.1 Å². The molecule has 1 nitrogen and oxygen atoms in total. The summed E-state index contributed by atoms with van der Waals surface area (Å²) in [6, 6.07) is 28.1. The lowest BCUT2D eigenvalue weighted by atomic mass is 9.92. The summed E-state index contributed by atoms with van der Waals surface area (Å²) in [5, 5.41) is 0.787. The van der Waals surface area contributed by atoms with Crippen LogP contribution in [-0.4, -0.2) is 11.4 Å². The minimum atomic E-state index is 0.261. The van der Waals surface area contributed by atoms with Crippen molar-refractivity contribution in [3.8, 4) is 0 Å². The predicted molar refractivity (Wildman–Crippen MR) is 100 cm³/mol. The zero-order valence-electron chi connectivity index (χ0n) is 13.5. The van der Waals surface area contributed by atoms with Crippen LogP contribution >= 0.6 is 11.6 Å². The molecule has 0 bridgehead atoms. The lowest BCUT2D eigenvalue weighted by Gasteiger charge is -2.36. The van der Waals surface area contributed by atoms with Gasteiger partial charge in [0.15, 0.2) is 0 Å². The smallest absolute Gasteiger partial charge is 0.0604 e. The van der Waals surface area contributed by atoms with Crippen LogP contribution in [0.5, 0.6) is 0 Å². The average molecular weight is 334 g/mol. The molecule has 2 heteroatoms. The molecule has 0 spiro atoms. The average Bonchev–Trinajstić information content (AvgIpc) is 2.64. The molecule has 0 unspecified atom stereocenters. The van der Waals surface area contributed by atoms with E-state index >= 15 is 0 Å². The molecule has 0 fully saturated rings. The lowest BCUT2D eigenvalue weighted by Crippen LogP contribution is -2.34. The molecule has 1 atom stereocenters. The van der Waals surface area contributed by atoms with Gasteiger partial charge in [-0.05, 0) is 40.8 Å². The normalized spacial score (nSPS) is 15.7. The van der Waals surface area contributed by atoms with E-state index in [1.54, 1.807) is 0 Å². The van der Waals surface area contributed by atoms with Crippen molar-refractivity contribution in [3.05, 3.63) is 106 Å². The molecule has 0 saturated carbocycles. The highest BCUT2D eigenvalue weighted by Gasteiger charge is 2.25. The molecule has 0 aliphatic carbocycles. The molecule has 120 valence electrons. The zero-order valence-corrected chi connectivity index (χ0v) is 14.3. The number of halogens is 1. The number of rotatable bonds is 3. The summed E-state index contributed by atoms with van der Waals surface area (Å²) in [5.74, 6) is 0. The standard InChI is InChI=1S/C22H20ClN/c23-21-12-10-19(11-13-21)22(18-7-2-1-3-8-18)24-15-14-17-6-4-5-9-20(17)16-24/h1-13,22H,14-16H2/t22-/m1/s1. The van der Waals surface area contributed by atoms with E-state index in [1.807, 2.05) is 12.1 Å². The van der Waals surface area contributed by atoms with Crippen LogP contribution in [0.15, 0.2) is 78.9 Å². The summed E-state index contributed by atoms with van der Waals surface area (Å²) in [6.07, 6.45) is 1.10. The third kappa shape index (κ3) is 3.10. The fourth-order valence-electron chi connectivity index (χ4n) is 3.63. The second-order valence-electron chi connectivity index (χ2n) is 6.35. The van der Waals surface area contributed by atoms with Crippen LogP contribution in [0.4, 0.5) is 0 Å². The number of benzene rings is 3. The minimum absolute atomic E-state index is 0.261. The summed E-state index contributed by atoms with van der Waals surface area (Å²) >= 11 is 6.10. The quantitative estimate of drug-likeness (QED) is 0.612. The maximum Gasteiger partial charge on any atom is 0.0604 e. The van der Waals surface area contributed by atoms with E-state index in [4.69, 9.17) is 11.6 Å². The Hall–Kier alpha value is -2.09. The summed E-state index contributed by atoms with van der Waals surface area (Å²) in [4.78, 5) is 2.57. The number of hydrogen-bond acceptors (Lipinski definition) is 1. The SMILES string of the molecule is Clc1ccc([C@@H](c2ccccc2)N2CCc3ccccc3C2)cc1. The molecule has 3 aromatic rings. The molecule has 0 saturated heterocycles. The Bertz CT molecular complexity index is 811. The summed E-state index contributed by atoms with van der Waals surface area (Å²) < 4.78 is 0. The highest BCUT2D eigenvalue weighted by molar-refractivity contribution is 6.30. The topological polar surface area (TPSA) is 3.24 Å². The van der Waals surface area contributed by atoms with Crippen molar-refractivity contribution in [2.45, 2.75) is 19.0 Å². The van der Waals surface area contributed by atoms with E-state index in [9.17, 15) is 0 Å². The Morgan fingerprint density at radius 3 is 2.08 bits per heavy atom. The predicted octanol–water partition coefficient (Wildman–Crippen LogP) is 5.49. The van der Waals surface area contributed by atoms with E-state index in [0.29, 0.717) is 0 Å². The Labute approximate surface area is 148 Å². The molecule has 1 heterocycles. The van der Waals surface area contributed by atoms with Crippen molar-refractivity contribution in [2.75, 3.05) is 6.54 Å².